The molecule has 0 N–H and O–H groups in total. The first-order valence-corrected chi connectivity index (χ1v) is 3.86. The predicted molar refractivity (Wildman–Crippen MR) is 46.7 cm³/mol. The minimum atomic E-state index is 0.266. The Bertz CT molecular complexity index is 447. The van der Waals surface area contributed by atoms with Crippen LogP contribution in [0.5, 0.6) is 6.01 Å². The third-order valence-corrected chi connectivity index (χ3v) is 1.80. The molecule has 5 nitrogen and oxygen atoms in total. The summed E-state index contributed by atoms with van der Waals surface area (Å²) in [6.45, 7) is 0. The van der Waals surface area contributed by atoms with Crippen molar-refractivity contribution >= 4 is 22.6 Å². The Morgan fingerprint density at radius 3 is 2.92 bits per heavy atom. The van der Waals surface area contributed by atoms with E-state index in [1.54, 1.807) is 0 Å². The summed E-state index contributed by atoms with van der Waals surface area (Å²) in [5.74, 6) is 0. The zero-order valence-electron chi connectivity index (χ0n) is 6.73. The van der Waals surface area contributed by atoms with Gasteiger partial charge in [-0.3, -0.25) is 0 Å². The lowest BCUT2D eigenvalue weighted by molar-refractivity contribution is 0.381. The van der Waals surface area contributed by atoms with E-state index in [-0.39, 0.29) is 6.01 Å². The lowest BCUT2D eigenvalue weighted by atomic mass is 10.4. The van der Waals surface area contributed by atoms with Gasteiger partial charge in [0.1, 0.15) is 11.5 Å². The highest BCUT2D eigenvalue weighted by molar-refractivity contribution is 6.33. The molecular formula is C7H5ClN4O. The lowest BCUT2D eigenvalue weighted by Gasteiger charge is -1.99. The summed E-state index contributed by atoms with van der Waals surface area (Å²) in [7, 11) is 1.49. The first kappa shape index (κ1) is 8.12. The van der Waals surface area contributed by atoms with Crippen LogP contribution < -0.4 is 4.74 Å². The van der Waals surface area contributed by atoms with Crippen molar-refractivity contribution in [2.24, 2.45) is 0 Å². The Morgan fingerprint density at radius 2 is 2.15 bits per heavy atom. The van der Waals surface area contributed by atoms with Gasteiger partial charge in [0.2, 0.25) is 0 Å². The highest BCUT2D eigenvalue weighted by Crippen LogP contribution is 2.17. The SMILES string of the molecule is COc1ncc2c(Cl)ncnc2n1. The summed E-state index contributed by atoms with van der Waals surface area (Å²) in [4.78, 5) is 15.6. The van der Waals surface area contributed by atoms with Crippen LogP contribution in [-0.4, -0.2) is 27.0 Å². The van der Waals surface area contributed by atoms with Crippen molar-refractivity contribution in [3.8, 4) is 6.01 Å². The summed E-state index contributed by atoms with van der Waals surface area (Å²) in [5.41, 5.74) is 0.479. The molecule has 0 unspecified atom stereocenters. The fourth-order valence-electron chi connectivity index (χ4n) is 0.903. The molecule has 2 rings (SSSR count). The predicted octanol–water partition coefficient (Wildman–Crippen LogP) is 1.08. The molecule has 2 aromatic heterocycles. The molecule has 0 aromatic carbocycles. The van der Waals surface area contributed by atoms with Gasteiger partial charge in [-0.25, -0.2) is 15.0 Å². The van der Waals surface area contributed by atoms with Crippen LogP contribution >= 0.6 is 11.6 Å². The van der Waals surface area contributed by atoms with Gasteiger partial charge in [0.05, 0.1) is 12.5 Å². The van der Waals surface area contributed by atoms with Crippen molar-refractivity contribution in [1.82, 2.24) is 19.9 Å². The van der Waals surface area contributed by atoms with E-state index >= 15 is 0 Å². The van der Waals surface area contributed by atoms with Crippen molar-refractivity contribution in [2.45, 2.75) is 0 Å². The van der Waals surface area contributed by atoms with Gasteiger partial charge in [-0.2, -0.15) is 4.98 Å². The summed E-state index contributed by atoms with van der Waals surface area (Å²) in [6, 6.07) is 0.266. The van der Waals surface area contributed by atoms with Crippen LogP contribution in [0.2, 0.25) is 5.15 Å². The second-order valence-corrected chi connectivity index (χ2v) is 2.62. The molecule has 66 valence electrons. The van der Waals surface area contributed by atoms with Crippen LogP contribution in [0.1, 0.15) is 0 Å². The van der Waals surface area contributed by atoms with E-state index in [1.807, 2.05) is 0 Å². The molecule has 13 heavy (non-hydrogen) atoms. The number of aromatic nitrogens is 4. The second kappa shape index (κ2) is 3.10. The van der Waals surface area contributed by atoms with E-state index in [0.717, 1.165) is 0 Å². The minimum absolute atomic E-state index is 0.266. The quantitative estimate of drug-likeness (QED) is 0.639. The molecule has 0 fully saturated rings. The smallest absolute Gasteiger partial charge is 0.318 e. The van der Waals surface area contributed by atoms with Gasteiger partial charge >= 0.3 is 6.01 Å². The lowest BCUT2D eigenvalue weighted by Crippen LogP contribution is -1.94. The van der Waals surface area contributed by atoms with Crippen molar-refractivity contribution in [3.05, 3.63) is 17.7 Å². The molecule has 0 bridgehead atoms. The maximum absolute atomic E-state index is 5.78. The summed E-state index contributed by atoms with van der Waals surface area (Å²) in [6.07, 6.45) is 2.88. The number of fused-ring (bicyclic) bond motifs is 1. The molecule has 0 spiro atoms. The Kier molecular flexibility index (Phi) is 1.94. The number of ether oxygens (including phenoxy) is 1. The Balaban J connectivity index is 2.72. The number of hydrogen-bond donors (Lipinski definition) is 0. The van der Waals surface area contributed by atoms with Crippen LogP contribution in [-0.2, 0) is 0 Å². The zero-order chi connectivity index (χ0) is 9.26. The highest BCUT2D eigenvalue weighted by atomic mass is 35.5. The molecule has 6 heteroatoms. The molecule has 0 aliphatic rings. The standard InChI is InChI=1S/C7H5ClN4O/c1-13-7-9-2-4-5(8)10-3-11-6(4)12-7/h2-3H,1H3. The minimum Gasteiger partial charge on any atom is -0.467 e. The molecule has 0 amide bonds. The van der Waals surface area contributed by atoms with Gasteiger partial charge < -0.3 is 4.74 Å². The maximum atomic E-state index is 5.78. The average molecular weight is 197 g/mol. The average Bonchev–Trinajstić information content (AvgIpc) is 2.18. The molecule has 0 saturated carbocycles. The molecule has 0 atom stereocenters. The number of halogens is 1. The van der Waals surface area contributed by atoms with E-state index in [2.05, 4.69) is 19.9 Å². The monoisotopic (exact) mass is 196 g/mol. The summed E-state index contributed by atoms with van der Waals surface area (Å²) >= 11 is 5.78. The fraction of sp³-hybridized carbons (Fsp3) is 0.143. The number of nitrogens with zero attached hydrogens (tertiary/aromatic N) is 4. The molecule has 2 heterocycles. The van der Waals surface area contributed by atoms with Crippen molar-refractivity contribution < 1.29 is 4.74 Å². The molecule has 0 aliphatic heterocycles. The van der Waals surface area contributed by atoms with Gasteiger partial charge in [-0.1, -0.05) is 11.6 Å². The van der Waals surface area contributed by atoms with E-state index in [1.165, 1.54) is 19.6 Å². The van der Waals surface area contributed by atoms with Crippen molar-refractivity contribution in [3.63, 3.8) is 0 Å². The van der Waals surface area contributed by atoms with Crippen LogP contribution in [0.3, 0.4) is 0 Å². The van der Waals surface area contributed by atoms with E-state index in [0.29, 0.717) is 16.2 Å². The summed E-state index contributed by atoms with van der Waals surface area (Å²) in [5, 5.41) is 0.956. The molecule has 2 aromatic rings. The normalized spacial score (nSPS) is 10.3. The largest absolute Gasteiger partial charge is 0.467 e. The number of rotatable bonds is 1. The maximum Gasteiger partial charge on any atom is 0.318 e. The van der Waals surface area contributed by atoms with Gasteiger partial charge in [-0.05, 0) is 0 Å². The van der Waals surface area contributed by atoms with Gasteiger partial charge in [0.25, 0.3) is 0 Å². The fourth-order valence-corrected chi connectivity index (χ4v) is 1.08. The van der Waals surface area contributed by atoms with Gasteiger partial charge in [-0.15, -0.1) is 0 Å². The van der Waals surface area contributed by atoms with E-state index in [9.17, 15) is 0 Å². The number of methoxy groups -OCH3 is 1. The third kappa shape index (κ3) is 1.38. The van der Waals surface area contributed by atoms with Crippen LogP contribution in [0.15, 0.2) is 12.5 Å². The first-order chi connectivity index (χ1) is 6.31. The van der Waals surface area contributed by atoms with E-state index < -0.39 is 0 Å². The second-order valence-electron chi connectivity index (χ2n) is 2.26. The third-order valence-electron chi connectivity index (χ3n) is 1.50. The van der Waals surface area contributed by atoms with Crippen molar-refractivity contribution in [2.75, 3.05) is 7.11 Å². The first-order valence-electron chi connectivity index (χ1n) is 3.48. The number of hydrogen-bond acceptors (Lipinski definition) is 5. The summed E-state index contributed by atoms with van der Waals surface area (Å²) < 4.78 is 4.84. The van der Waals surface area contributed by atoms with Crippen molar-refractivity contribution in [1.29, 1.82) is 0 Å². The molecule has 0 aliphatic carbocycles. The topological polar surface area (TPSA) is 60.8 Å². The Labute approximate surface area is 78.8 Å². The van der Waals surface area contributed by atoms with Gasteiger partial charge in [0.15, 0.2) is 5.65 Å². The zero-order valence-corrected chi connectivity index (χ0v) is 7.49. The van der Waals surface area contributed by atoms with Crippen LogP contribution in [0, 0.1) is 0 Å². The Morgan fingerprint density at radius 1 is 1.31 bits per heavy atom. The van der Waals surface area contributed by atoms with Crippen LogP contribution in [0.25, 0.3) is 11.0 Å². The van der Waals surface area contributed by atoms with Gasteiger partial charge in [0, 0.05) is 6.20 Å². The Hall–Kier alpha value is -1.49. The molecule has 0 saturated heterocycles. The van der Waals surface area contributed by atoms with E-state index in [4.69, 9.17) is 16.3 Å². The van der Waals surface area contributed by atoms with Crippen LogP contribution in [0.4, 0.5) is 0 Å². The highest BCUT2D eigenvalue weighted by Gasteiger charge is 2.04. The molecular weight excluding hydrogens is 192 g/mol. The molecule has 0 radical (unpaired) electrons.